The summed E-state index contributed by atoms with van der Waals surface area (Å²) in [5.41, 5.74) is -0.679. The zero-order valence-electron chi connectivity index (χ0n) is 14.4. The first-order chi connectivity index (χ1) is 10.9. The van der Waals surface area contributed by atoms with Crippen molar-refractivity contribution in [1.82, 2.24) is 10.2 Å². The van der Waals surface area contributed by atoms with E-state index in [-0.39, 0.29) is 18.4 Å². The maximum Gasteiger partial charge on any atom is 0.471 e. The summed E-state index contributed by atoms with van der Waals surface area (Å²) in [7, 11) is 0. The van der Waals surface area contributed by atoms with Gasteiger partial charge in [0.25, 0.3) is 0 Å². The van der Waals surface area contributed by atoms with E-state index in [0.717, 1.165) is 12.8 Å². The molecule has 1 heterocycles. The molecule has 0 aromatic rings. The van der Waals surface area contributed by atoms with E-state index in [4.69, 9.17) is 4.74 Å². The normalized spacial score (nSPS) is 30.2. The van der Waals surface area contributed by atoms with Gasteiger partial charge >= 0.3 is 18.2 Å². The summed E-state index contributed by atoms with van der Waals surface area (Å²) in [6.07, 6.45) is -3.67. The Labute approximate surface area is 139 Å². The molecule has 0 aromatic carbocycles. The van der Waals surface area contributed by atoms with Crippen LogP contribution in [0.2, 0.25) is 0 Å². The lowest BCUT2D eigenvalue weighted by Gasteiger charge is -2.31. The molecule has 2 fully saturated rings. The molecular formula is C16H25F3N2O3. The minimum atomic E-state index is -4.92. The van der Waals surface area contributed by atoms with Gasteiger partial charge in [-0.05, 0) is 51.4 Å². The van der Waals surface area contributed by atoms with Gasteiger partial charge in [-0.15, -0.1) is 0 Å². The van der Waals surface area contributed by atoms with Crippen molar-refractivity contribution in [3.05, 3.63) is 0 Å². The molecule has 5 nitrogen and oxygen atoms in total. The molecule has 1 aliphatic heterocycles. The second-order valence-electron chi connectivity index (χ2n) is 7.91. The molecule has 24 heavy (non-hydrogen) atoms. The van der Waals surface area contributed by atoms with Gasteiger partial charge < -0.3 is 15.0 Å². The molecule has 1 saturated heterocycles. The standard InChI is InChI=1S/C16H25F3N2O3/c1-9-5-10-8-21(14(23)24-15(2,3)4)12(11(10)6-9)7-20-13(22)16(17,18)19/h9-12H,5-8H2,1-4H3,(H,20,22)/t9?,10-,11-,12+/m0/s1. The van der Waals surface area contributed by atoms with E-state index in [1.165, 1.54) is 4.90 Å². The highest BCUT2D eigenvalue weighted by molar-refractivity contribution is 5.81. The van der Waals surface area contributed by atoms with Gasteiger partial charge in [-0.25, -0.2) is 4.79 Å². The van der Waals surface area contributed by atoms with Crippen molar-refractivity contribution in [1.29, 1.82) is 0 Å². The number of nitrogens with zero attached hydrogens (tertiary/aromatic N) is 1. The highest BCUT2D eigenvalue weighted by Gasteiger charge is 2.49. The summed E-state index contributed by atoms with van der Waals surface area (Å²) in [5, 5.41) is 1.93. The summed E-state index contributed by atoms with van der Waals surface area (Å²) < 4.78 is 42.6. The third kappa shape index (κ3) is 4.33. The van der Waals surface area contributed by atoms with Crippen LogP contribution in [-0.2, 0) is 9.53 Å². The minimum absolute atomic E-state index is 0.0982. The van der Waals surface area contributed by atoms with Crippen LogP contribution < -0.4 is 5.32 Å². The maximum atomic E-state index is 12.4. The molecule has 138 valence electrons. The minimum Gasteiger partial charge on any atom is -0.444 e. The number of halogens is 3. The van der Waals surface area contributed by atoms with E-state index < -0.39 is 29.8 Å². The Morgan fingerprint density at radius 3 is 2.38 bits per heavy atom. The van der Waals surface area contributed by atoms with Gasteiger partial charge in [0, 0.05) is 13.1 Å². The van der Waals surface area contributed by atoms with Crippen molar-refractivity contribution in [2.75, 3.05) is 13.1 Å². The Balaban J connectivity index is 2.08. The van der Waals surface area contributed by atoms with Gasteiger partial charge in [-0.1, -0.05) is 6.92 Å². The second-order valence-corrected chi connectivity index (χ2v) is 7.91. The fourth-order valence-electron chi connectivity index (χ4n) is 3.83. The number of carbonyl (C=O) groups excluding carboxylic acids is 2. The van der Waals surface area contributed by atoms with Crippen molar-refractivity contribution in [2.24, 2.45) is 17.8 Å². The number of hydrogen-bond donors (Lipinski definition) is 1. The lowest BCUT2D eigenvalue weighted by Crippen LogP contribution is -2.49. The SMILES string of the molecule is CC1C[C@H]2CN(C(=O)OC(C)(C)C)[C@H](CNC(=O)C(F)(F)F)[C@H]2C1. The maximum absolute atomic E-state index is 12.4. The Kier molecular flexibility index (Phi) is 5.06. The molecule has 1 unspecified atom stereocenters. The number of nitrogens with one attached hydrogen (secondary N) is 1. The monoisotopic (exact) mass is 350 g/mol. The van der Waals surface area contributed by atoms with Crippen molar-refractivity contribution >= 4 is 12.0 Å². The van der Waals surface area contributed by atoms with Gasteiger partial charge in [0.05, 0.1) is 6.04 Å². The average Bonchev–Trinajstić information content (AvgIpc) is 2.89. The molecule has 1 aliphatic carbocycles. The largest absolute Gasteiger partial charge is 0.471 e. The number of fused-ring (bicyclic) bond motifs is 1. The molecule has 0 aromatic heterocycles. The predicted octanol–water partition coefficient (Wildman–Crippen LogP) is 2.95. The van der Waals surface area contributed by atoms with E-state index in [0.29, 0.717) is 12.5 Å². The molecule has 1 saturated carbocycles. The van der Waals surface area contributed by atoms with Crippen molar-refractivity contribution in [3.8, 4) is 0 Å². The number of hydrogen-bond acceptors (Lipinski definition) is 3. The van der Waals surface area contributed by atoms with Crippen molar-refractivity contribution in [2.45, 2.75) is 58.4 Å². The fraction of sp³-hybridized carbons (Fsp3) is 0.875. The predicted molar refractivity (Wildman–Crippen MR) is 81.2 cm³/mol. The number of likely N-dealkylation sites (tertiary alicyclic amines) is 1. The Morgan fingerprint density at radius 1 is 1.21 bits per heavy atom. The number of ether oxygens (including phenoxy) is 1. The van der Waals surface area contributed by atoms with Gasteiger partial charge in [0.2, 0.25) is 0 Å². The highest BCUT2D eigenvalue weighted by Crippen LogP contribution is 2.45. The van der Waals surface area contributed by atoms with Crippen LogP contribution in [0.15, 0.2) is 0 Å². The second kappa shape index (κ2) is 6.44. The molecule has 2 rings (SSSR count). The molecule has 8 heteroatoms. The quantitative estimate of drug-likeness (QED) is 0.833. The van der Waals surface area contributed by atoms with Crippen LogP contribution >= 0.6 is 0 Å². The third-order valence-corrected chi connectivity index (χ3v) is 4.67. The van der Waals surface area contributed by atoms with Gasteiger partial charge in [0.1, 0.15) is 5.60 Å². The van der Waals surface area contributed by atoms with E-state index >= 15 is 0 Å². The lowest BCUT2D eigenvalue weighted by molar-refractivity contribution is -0.173. The number of carbonyl (C=O) groups is 2. The smallest absolute Gasteiger partial charge is 0.444 e. The first kappa shape index (κ1) is 18.9. The molecule has 1 N–H and O–H groups in total. The van der Waals surface area contributed by atoms with E-state index in [1.54, 1.807) is 20.8 Å². The van der Waals surface area contributed by atoms with Crippen LogP contribution in [-0.4, -0.2) is 47.8 Å². The Morgan fingerprint density at radius 2 is 1.83 bits per heavy atom. The van der Waals surface area contributed by atoms with Gasteiger partial charge in [0.15, 0.2) is 0 Å². The van der Waals surface area contributed by atoms with Crippen molar-refractivity contribution in [3.63, 3.8) is 0 Å². The average molecular weight is 350 g/mol. The van der Waals surface area contributed by atoms with E-state index in [9.17, 15) is 22.8 Å². The van der Waals surface area contributed by atoms with Crippen LogP contribution in [0.4, 0.5) is 18.0 Å². The zero-order valence-corrected chi connectivity index (χ0v) is 14.4. The summed E-state index contributed by atoms with van der Waals surface area (Å²) >= 11 is 0. The number of alkyl halides is 3. The van der Waals surface area contributed by atoms with E-state index in [2.05, 4.69) is 6.92 Å². The fourth-order valence-corrected chi connectivity index (χ4v) is 3.83. The van der Waals surface area contributed by atoms with Gasteiger partial charge in [-0.3, -0.25) is 4.79 Å². The van der Waals surface area contributed by atoms with E-state index in [1.807, 2.05) is 5.32 Å². The summed E-state index contributed by atoms with van der Waals surface area (Å²) in [6, 6.07) is -0.457. The summed E-state index contributed by atoms with van der Waals surface area (Å²) in [5.74, 6) is -1.15. The number of rotatable bonds is 2. The molecule has 2 aliphatic rings. The van der Waals surface area contributed by atoms with Crippen LogP contribution in [0.3, 0.4) is 0 Å². The highest BCUT2D eigenvalue weighted by atomic mass is 19.4. The molecule has 0 bridgehead atoms. The molecule has 4 atom stereocenters. The van der Waals surface area contributed by atoms with Crippen molar-refractivity contribution < 1.29 is 27.5 Å². The lowest BCUT2D eigenvalue weighted by atomic mass is 9.94. The molecule has 0 radical (unpaired) electrons. The number of amides is 2. The van der Waals surface area contributed by atoms with Crippen LogP contribution in [0, 0.1) is 17.8 Å². The molecule has 0 spiro atoms. The Hall–Kier alpha value is -1.47. The third-order valence-electron chi connectivity index (χ3n) is 4.67. The van der Waals surface area contributed by atoms with Crippen LogP contribution in [0.5, 0.6) is 0 Å². The topological polar surface area (TPSA) is 58.6 Å². The summed E-state index contributed by atoms with van der Waals surface area (Å²) in [6.45, 7) is 7.59. The van der Waals surface area contributed by atoms with Crippen LogP contribution in [0.1, 0.15) is 40.5 Å². The molecular weight excluding hydrogens is 325 g/mol. The molecule has 2 amide bonds. The Bertz CT molecular complexity index is 502. The van der Waals surface area contributed by atoms with Gasteiger partial charge in [-0.2, -0.15) is 13.2 Å². The first-order valence-electron chi connectivity index (χ1n) is 8.23. The summed E-state index contributed by atoms with van der Waals surface area (Å²) in [4.78, 5) is 25.0. The zero-order chi connectivity index (χ0) is 18.3. The first-order valence-corrected chi connectivity index (χ1v) is 8.23. The van der Waals surface area contributed by atoms with Crippen LogP contribution in [0.25, 0.3) is 0 Å².